The van der Waals surface area contributed by atoms with Crippen LogP contribution in [0, 0.1) is 19.8 Å². The van der Waals surface area contributed by atoms with Crippen molar-refractivity contribution in [1.82, 2.24) is 9.47 Å². The Morgan fingerprint density at radius 2 is 2.11 bits per heavy atom. The van der Waals surface area contributed by atoms with Crippen molar-refractivity contribution in [3.05, 3.63) is 23.0 Å². The molecule has 0 amide bonds. The summed E-state index contributed by atoms with van der Waals surface area (Å²) in [6.07, 6.45) is 2.48. The molecule has 1 unspecified atom stereocenters. The SMILES string of the molecule is CCC1CCN(CC(=O)c2cc(C)n(CC)c2C)C1. The van der Waals surface area contributed by atoms with Crippen LogP contribution in [0.5, 0.6) is 0 Å². The quantitative estimate of drug-likeness (QED) is 0.762. The fourth-order valence-electron chi connectivity index (χ4n) is 3.25. The first kappa shape index (κ1) is 14.3. The first-order valence-corrected chi connectivity index (χ1v) is 7.49. The van der Waals surface area contributed by atoms with E-state index in [1.807, 2.05) is 0 Å². The second-order valence-electron chi connectivity index (χ2n) is 5.75. The van der Waals surface area contributed by atoms with Gasteiger partial charge < -0.3 is 4.57 Å². The monoisotopic (exact) mass is 262 g/mol. The molecule has 1 aliphatic rings. The van der Waals surface area contributed by atoms with Gasteiger partial charge in [-0.2, -0.15) is 0 Å². The van der Waals surface area contributed by atoms with E-state index in [0.29, 0.717) is 6.54 Å². The number of nitrogens with zero attached hydrogens (tertiary/aromatic N) is 2. The summed E-state index contributed by atoms with van der Waals surface area (Å²) in [5.41, 5.74) is 3.23. The zero-order valence-corrected chi connectivity index (χ0v) is 12.7. The Balaban J connectivity index is 2.05. The van der Waals surface area contributed by atoms with Crippen LogP contribution in [0.1, 0.15) is 48.4 Å². The average Bonchev–Trinajstić information content (AvgIpc) is 2.94. The predicted molar refractivity (Wildman–Crippen MR) is 78.7 cm³/mol. The number of hydrogen-bond acceptors (Lipinski definition) is 2. The van der Waals surface area contributed by atoms with E-state index < -0.39 is 0 Å². The van der Waals surface area contributed by atoms with E-state index in [1.54, 1.807) is 0 Å². The van der Waals surface area contributed by atoms with Gasteiger partial charge in [0.25, 0.3) is 0 Å². The van der Waals surface area contributed by atoms with Gasteiger partial charge in [-0.15, -0.1) is 0 Å². The second kappa shape index (κ2) is 5.91. The molecule has 1 fully saturated rings. The van der Waals surface area contributed by atoms with Gasteiger partial charge in [-0.3, -0.25) is 9.69 Å². The van der Waals surface area contributed by atoms with Gasteiger partial charge in [0.05, 0.1) is 6.54 Å². The third-order valence-corrected chi connectivity index (χ3v) is 4.50. The lowest BCUT2D eigenvalue weighted by Crippen LogP contribution is -2.28. The molecule has 1 saturated heterocycles. The third-order valence-electron chi connectivity index (χ3n) is 4.50. The van der Waals surface area contributed by atoms with Crippen molar-refractivity contribution >= 4 is 5.78 Å². The molecule has 0 aliphatic carbocycles. The van der Waals surface area contributed by atoms with Crippen LogP contribution in [0.3, 0.4) is 0 Å². The fraction of sp³-hybridized carbons (Fsp3) is 0.688. The van der Waals surface area contributed by atoms with Gasteiger partial charge in [0, 0.05) is 30.0 Å². The van der Waals surface area contributed by atoms with Crippen LogP contribution in [0.2, 0.25) is 0 Å². The van der Waals surface area contributed by atoms with E-state index >= 15 is 0 Å². The van der Waals surface area contributed by atoms with Crippen LogP contribution in [0.15, 0.2) is 6.07 Å². The summed E-state index contributed by atoms with van der Waals surface area (Å²) in [7, 11) is 0. The maximum Gasteiger partial charge on any atom is 0.178 e. The van der Waals surface area contributed by atoms with Crippen LogP contribution in [0.25, 0.3) is 0 Å². The standard InChI is InChI=1S/C16H26N2O/c1-5-14-7-8-17(10-14)11-16(19)15-9-12(3)18(6-2)13(15)4/h9,14H,5-8,10-11H2,1-4H3. The molecule has 0 spiro atoms. The molecular weight excluding hydrogens is 236 g/mol. The van der Waals surface area contributed by atoms with E-state index in [9.17, 15) is 4.79 Å². The van der Waals surface area contributed by atoms with Gasteiger partial charge in [-0.05, 0) is 45.7 Å². The lowest BCUT2D eigenvalue weighted by molar-refractivity contribution is 0.0942. The van der Waals surface area contributed by atoms with Crippen LogP contribution in [-0.4, -0.2) is 34.9 Å². The van der Waals surface area contributed by atoms with Crippen molar-refractivity contribution in [2.24, 2.45) is 5.92 Å². The highest BCUT2D eigenvalue weighted by Crippen LogP contribution is 2.21. The third kappa shape index (κ3) is 2.92. The first-order valence-electron chi connectivity index (χ1n) is 7.49. The number of hydrogen-bond donors (Lipinski definition) is 0. The summed E-state index contributed by atoms with van der Waals surface area (Å²) in [5, 5.41) is 0. The Morgan fingerprint density at radius 3 is 2.63 bits per heavy atom. The minimum absolute atomic E-state index is 0.282. The summed E-state index contributed by atoms with van der Waals surface area (Å²) in [5.74, 6) is 1.07. The molecule has 1 atom stereocenters. The molecule has 1 aromatic rings. The maximum absolute atomic E-state index is 12.4. The number of carbonyl (C=O) groups excluding carboxylic acids is 1. The molecule has 2 rings (SSSR count). The first-order chi connectivity index (χ1) is 9.06. The van der Waals surface area contributed by atoms with Gasteiger partial charge >= 0.3 is 0 Å². The minimum atomic E-state index is 0.282. The van der Waals surface area contributed by atoms with Gasteiger partial charge in [0.2, 0.25) is 0 Å². The molecule has 1 aromatic heterocycles. The van der Waals surface area contributed by atoms with Gasteiger partial charge in [-0.25, -0.2) is 0 Å². The zero-order valence-electron chi connectivity index (χ0n) is 12.7. The summed E-state index contributed by atoms with van der Waals surface area (Å²) in [4.78, 5) is 14.8. The summed E-state index contributed by atoms with van der Waals surface area (Å²) in [6, 6.07) is 2.05. The fourth-order valence-corrected chi connectivity index (χ4v) is 3.25. The van der Waals surface area contributed by atoms with Gasteiger partial charge in [0.1, 0.15) is 0 Å². The van der Waals surface area contributed by atoms with Gasteiger partial charge in [0.15, 0.2) is 5.78 Å². The lowest BCUT2D eigenvalue weighted by Gasteiger charge is -2.14. The van der Waals surface area contributed by atoms with E-state index in [4.69, 9.17) is 0 Å². The molecule has 0 N–H and O–H groups in total. The summed E-state index contributed by atoms with van der Waals surface area (Å²) >= 11 is 0. The van der Waals surface area contributed by atoms with Crippen molar-refractivity contribution in [2.75, 3.05) is 19.6 Å². The molecule has 1 aliphatic heterocycles. The molecule has 0 aromatic carbocycles. The topological polar surface area (TPSA) is 25.2 Å². The largest absolute Gasteiger partial charge is 0.349 e. The average molecular weight is 262 g/mol. The van der Waals surface area contributed by atoms with Crippen molar-refractivity contribution in [3.63, 3.8) is 0 Å². The van der Waals surface area contributed by atoms with Crippen LogP contribution < -0.4 is 0 Å². The van der Waals surface area contributed by atoms with Gasteiger partial charge in [-0.1, -0.05) is 13.3 Å². The van der Waals surface area contributed by atoms with E-state index in [-0.39, 0.29) is 5.78 Å². The summed E-state index contributed by atoms with van der Waals surface area (Å²) in [6.45, 7) is 12.2. The van der Waals surface area contributed by atoms with E-state index in [2.05, 4.69) is 43.2 Å². The molecular formula is C16H26N2O. The molecule has 19 heavy (non-hydrogen) atoms. The molecule has 2 heterocycles. The van der Waals surface area contributed by atoms with Crippen LogP contribution >= 0.6 is 0 Å². The molecule has 3 nitrogen and oxygen atoms in total. The van der Waals surface area contributed by atoms with Crippen molar-refractivity contribution < 1.29 is 4.79 Å². The van der Waals surface area contributed by atoms with Crippen molar-refractivity contribution in [3.8, 4) is 0 Å². The normalized spacial score (nSPS) is 20.1. The number of Topliss-reactive ketones (excluding diaryl/α,β-unsaturated/α-hetero) is 1. The lowest BCUT2D eigenvalue weighted by atomic mass is 10.1. The Bertz CT molecular complexity index is 462. The zero-order chi connectivity index (χ0) is 14.0. The maximum atomic E-state index is 12.4. The smallest absolute Gasteiger partial charge is 0.178 e. The highest BCUT2D eigenvalue weighted by atomic mass is 16.1. The highest BCUT2D eigenvalue weighted by molar-refractivity contribution is 5.99. The predicted octanol–water partition coefficient (Wildman–Crippen LogP) is 3.04. The Hall–Kier alpha value is -1.09. The number of aromatic nitrogens is 1. The minimum Gasteiger partial charge on any atom is -0.349 e. The van der Waals surface area contributed by atoms with Crippen LogP contribution in [-0.2, 0) is 6.54 Å². The Kier molecular flexibility index (Phi) is 4.46. The highest BCUT2D eigenvalue weighted by Gasteiger charge is 2.24. The molecule has 106 valence electrons. The molecule has 3 heteroatoms. The number of likely N-dealkylation sites (tertiary alicyclic amines) is 1. The van der Waals surface area contributed by atoms with E-state index in [0.717, 1.165) is 36.8 Å². The van der Waals surface area contributed by atoms with Crippen LogP contribution in [0.4, 0.5) is 0 Å². The van der Waals surface area contributed by atoms with Crippen molar-refractivity contribution in [2.45, 2.75) is 47.1 Å². The number of carbonyl (C=O) groups is 1. The summed E-state index contributed by atoms with van der Waals surface area (Å²) < 4.78 is 2.21. The second-order valence-corrected chi connectivity index (χ2v) is 5.75. The van der Waals surface area contributed by atoms with Crippen molar-refractivity contribution in [1.29, 1.82) is 0 Å². The Morgan fingerprint density at radius 1 is 1.37 bits per heavy atom. The Labute approximate surface area is 116 Å². The molecule has 0 radical (unpaired) electrons. The number of rotatable bonds is 5. The van der Waals surface area contributed by atoms with E-state index in [1.165, 1.54) is 18.5 Å². The molecule has 0 saturated carbocycles. The number of ketones is 1. The molecule has 0 bridgehead atoms. The number of aryl methyl sites for hydroxylation is 1.